The summed E-state index contributed by atoms with van der Waals surface area (Å²) in [5.74, 6) is 0. The zero-order chi connectivity index (χ0) is 4.83. The molecule has 2 nitrogen and oxygen atoms in total. The molecule has 0 saturated carbocycles. The van der Waals surface area contributed by atoms with E-state index in [1.807, 2.05) is 0 Å². The van der Waals surface area contributed by atoms with E-state index in [1.165, 1.54) is 25.7 Å². The molecule has 0 aromatic carbocycles. The van der Waals surface area contributed by atoms with Crippen molar-refractivity contribution in [2.75, 3.05) is 0 Å². The van der Waals surface area contributed by atoms with Crippen LogP contribution in [0.3, 0.4) is 0 Å². The summed E-state index contributed by atoms with van der Waals surface area (Å²) in [5, 5.41) is 0. The smallest absolute Gasteiger partial charge is 0.0536 e. The number of unbranched alkanes of at least 4 members (excludes halogenated alkanes) is 3. The molecule has 54 valence electrons. The van der Waals surface area contributed by atoms with Crippen molar-refractivity contribution in [1.82, 2.24) is 12.3 Å². The maximum absolute atomic E-state index is 2.23. The van der Waals surface area contributed by atoms with Gasteiger partial charge in [-0.3, -0.25) is 0 Å². The third-order valence-corrected chi connectivity index (χ3v) is 0.957. The molecule has 0 amide bonds. The van der Waals surface area contributed by atoms with Gasteiger partial charge in [0.05, 0.1) is 0 Å². The second-order valence-electron chi connectivity index (χ2n) is 1.71. The second-order valence-corrected chi connectivity index (χ2v) is 1.71. The maximum atomic E-state index is 2.23. The van der Waals surface area contributed by atoms with E-state index < -0.39 is 0 Å². The van der Waals surface area contributed by atoms with Crippen LogP contribution in [-0.4, -0.2) is 0 Å². The summed E-state index contributed by atoms with van der Waals surface area (Å²) in [4.78, 5) is 0. The van der Waals surface area contributed by atoms with Crippen LogP contribution in [0.5, 0.6) is 0 Å². The van der Waals surface area contributed by atoms with Crippen molar-refractivity contribution in [3.63, 3.8) is 0 Å². The zero-order valence-electron chi connectivity index (χ0n) is 6.24. The highest BCUT2D eigenvalue weighted by atomic mass is 14.0. The first-order valence-corrected chi connectivity index (χ1v) is 2.91. The van der Waals surface area contributed by atoms with Crippen LogP contribution >= 0.6 is 0 Å². The van der Waals surface area contributed by atoms with Crippen molar-refractivity contribution in [2.45, 2.75) is 39.5 Å². The molecule has 0 spiro atoms. The first-order chi connectivity index (χ1) is 2.91. The molecule has 6 N–H and O–H groups in total. The van der Waals surface area contributed by atoms with E-state index in [2.05, 4.69) is 13.8 Å². The quantitative estimate of drug-likeness (QED) is 0.562. The Balaban J connectivity index is -0.000000125. The molecule has 0 rings (SSSR count). The maximum Gasteiger partial charge on any atom is -0.0536 e. The third kappa shape index (κ3) is 16.8. The Labute approximate surface area is 52.8 Å². The predicted octanol–water partition coefficient (Wildman–Crippen LogP) is 2.91. The van der Waals surface area contributed by atoms with Crippen LogP contribution in [0.2, 0.25) is 0 Å². The fourth-order valence-electron chi connectivity index (χ4n) is 0.500. The summed E-state index contributed by atoms with van der Waals surface area (Å²) in [5.41, 5.74) is 0. The summed E-state index contributed by atoms with van der Waals surface area (Å²) < 4.78 is 0. The standard InChI is InChI=1S/C6H14.2H3N/c1-3-5-6-4-2;;/h3-6H2,1-2H3;2*1H3. The van der Waals surface area contributed by atoms with E-state index in [4.69, 9.17) is 0 Å². The molecule has 0 aliphatic rings. The minimum Gasteiger partial charge on any atom is -0.344 e. The zero-order valence-corrected chi connectivity index (χ0v) is 6.24. The lowest BCUT2D eigenvalue weighted by Gasteiger charge is -1.86. The topological polar surface area (TPSA) is 70.0 Å². The second kappa shape index (κ2) is 15.8. The Bertz CT molecular complexity index is 18.5. The monoisotopic (exact) mass is 120 g/mol. The van der Waals surface area contributed by atoms with Crippen molar-refractivity contribution >= 4 is 0 Å². The molecule has 0 atom stereocenters. The van der Waals surface area contributed by atoms with Gasteiger partial charge in [0.2, 0.25) is 0 Å². The van der Waals surface area contributed by atoms with Gasteiger partial charge in [-0.15, -0.1) is 0 Å². The van der Waals surface area contributed by atoms with Gasteiger partial charge < -0.3 is 12.3 Å². The SMILES string of the molecule is CCCCCC.N.N. The fourth-order valence-corrected chi connectivity index (χ4v) is 0.500. The van der Waals surface area contributed by atoms with Crippen molar-refractivity contribution in [3.05, 3.63) is 0 Å². The van der Waals surface area contributed by atoms with E-state index in [-0.39, 0.29) is 12.3 Å². The molecule has 0 radical (unpaired) electrons. The lowest BCUT2D eigenvalue weighted by Crippen LogP contribution is -1.66. The molecule has 0 aromatic heterocycles. The summed E-state index contributed by atoms with van der Waals surface area (Å²) in [6.45, 7) is 4.46. The van der Waals surface area contributed by atoms with Crippen molar-refractivity contribution in [3.8, 4) is 0 Å². The van der Waals surface area contributed by atoms with Gasteiger partial charge in [0.1, 0.15) is 0 Å². The summed E-state index contributed by atoms with van der Waals surface area (Å²) in [6.07, 6.45) is 5.54. The molecular formula is C6H20N2. The summed E-state index contributed by atoms with van der Waals surface area (Å²) in [6, 6.07) is 0. The normalized spacial score (nSPS) is 6.75. The summed E-state index contributed by atoms with van der Waals surface area (Å²) >= 11 is 0. The van der Waals surface area contributed by atoms with E-state index in [1.54, 1.807) is 0 Å². The lowest BCUT2D eigenvalue weighted by molar-refractivity contribution is 0.702. The predicted molar refractivity (Wildman–Crippen MR) is 39.9 cm³/mol. The van der Waals surface area contributed by atoms with Gasteiger partial charge in [0.15, 0.2) is 0 Å². The third-order valence-electron chi connectivity index (χ3n) is 0.957. The minimum absolute atomic E-state index is 0. The molecule has 0 aliphatic heterocycles. The van der Waals surface area contributed by atoms with Crippen LogP contribution in [-0.2, 0) is 0 Å². The van der Waals surface area contributed by atoms with Gasteiger partial charge >= 0.3 is 0 Å². The van der Waals surface area contributed by atoms with E-state index in [0.717, 1.165) is 0 Å². The Morgan fingerprint density at radius 1 is 0.750 bits per heavy atom. The summed E-state index contributed by atoms with van der Waals surface area (Å²) in [7, 11) is 0. The molecule has 8 heavy (non-hydrogen) atoms. The van der Waals surface area contributed by atoms with Gasteiger partial charge in [0, 0.05) is 0 Å². The van der Waals surface area contributed by atoms with Crippen LogP contribution in [0.25, 0.3) is 0 Å². The van der Waals surface area contributed by atoms with Gasteiger partial charge in [-0.1, -0.05) is 39.5 Å². The molecule has 0 saturated heterocycles. The lowest BCUT2D eigenvalue weighted by atomic mass is 10.2. The first kappa shape index (κ1) is 15.7. The molecule has 0 aromatic rings. The van der Waals surface area contributed by atoms with Crippen LogP contribution in [0, 0.1) is 0 Å². The highest BCUT2D eigenvalue weighted by Gasteiger charge is 1.75. The first-order valence-electron chi connectivity index (χ1n) is 2.91. The molecular weight excluding hydrogens is 100 g/mol. The van der Waals surface area contributed by atoms with Gasteiger partial charge in [0.25, 0.3) is 0 Å². The van der Waals surface area contributed by atoms with Crippen molar-refractivity contribution in [2.24, 2.45) is 0 Å². The van der Waals surface area contributed by atoms with E-state index in [9.17, 15) is 0 Å². The average Bonchev–Trinajstić information content (AvgIpc) is 1.61. The highest BCUT2D eigenvalue weighted by Crippen LogP contribution is 1.95. The Morgan fingerprint density at radius 3 is 1.12 bits per heavy atom. The van der Waals surface area contributed by atoms with Crippen LogP contribution in [0.4, 0.5) is 0 Å². The van der Waals surface area contributed by atoms with Gasteiger partial charge in [-0.05, 0) is 0 Å². The van der Waals surface area contributed by atoms with Crippen LogP contribution < -0.4 is 12.3 Å². The van der Waals surface area contributed by atoms with Crippen LogP contribution in [0.1, 0.15) is 39.5 Å². The number of rotatable bonds is 3. The average molecular weight is 120 g/mol. The molecule has 0 fully saturated rings. The highest BCUT2D eigenvalue weighted by molar-refractivity contribution is 4.31. The number of hydrogen-bond donors (Lipinski definition) is 2. The largest absolute Gasteiger partial charge is 0.344 e. The molecule has 0 bridgehead atoms. The number of hydrogen-bond acceptors (Lipinski definition) is 2. The van der Waals surface area contributed by atoms with Gasteiger partial charge in [-0.2, -0.15) is 0 Å². The molecule has 2 heteroatoms. The molecule has 0 aliphatic carbocycles. The van der Waals surface area contributed by atoms with Crippen LogP contribution in [0.15, 0.2) is 0 Å². The van der Waals surface area contributed by atoms with E-state index >= 15 is 0 Å². The van der Waals surface area contributed by atoms with E-state index in [0.29, 0.717) is 0 Å². The Kier molecular flexibility index (Phi) is 30.9. The van der Waals surface area contributed by atoms with Gasteiger partial charge in [-0.25, -0.2) is 0 Å². The fraction of sp³-hybridized carbons (Fsp3) is 1.00. The Morgan fingerprint density at radius 2 is 1.00 bits per heavy atom. The minimum atomic E-state index is 0. The molecule has 0 unspecified atom stereocenters. The Hall–Kier alpha value is -0.0800. The van der Waals surface area contributed by atoms with Crippen molar-refractivity contribution in [1.29, 1.82) is 0 Å². The molecule has 0 heterocycles. The van der Waals surface area contributed by atoms with Crippen molar-refractivity contribution < 1.29 is 0 Å².